The number of carbonyl (C=O) groups excluding carboxylic acids is 2. The van der Waals surface area contributed by atoms with Crippen LogP contribution in [0.4, 0.5) is 0 Å². The third-order valence-electron chi connectivity index (χ3n) is 4.27. The lowest BCUT2D eigenvalue weighted by Crippen LogP contribution is -2.16. The van der Waals surface area contributed by atoms with Gasteiger partial charge >= 0.3 is 5.97 Å². The predicted octanol–water partition coefficient (Wildman–Crippen LogP) is 3.27. The number of thiazole rings is 1. The third kappa shape index (κ3) is 4.21. The maximum atomic E-state index is 12.8. The predicted molar refractivity (Wildman–Crippen MR) is 114 cm³/mol. The summed E-state index contributed by atoms with van der Waals surface area (Å²) in [7, 11) is 3.02. The number of hydrogen-bond donors (Lipinski definition) is 0. The Hall–Kier alpha value is -3.57. The zero-order chi connectivity index (χ0) is 21.7. The molecule has 0 spiro atoms. The Morgan fingerprint density at radius 1 is 1.10 bits per heavy atom. The molecule has 0 saturated heterocycles. The molecule has 154 valence electrons. The summed E-state index contributed by atoms with van der Waals surface area (Å²) in [5.74, 6) is 2.68. The molecule has 1 amide bonds. The molecule has 0 unspecified atom stereocenters. The van der Waals surface area contributed by atoms with Crippen LogP contribution in [-0.2, 0) is 11.3 Å². The highest BCUT2D eigenvalue weighted by Gasteiger charge is 2.14. The van der Waals surface area contributed by atoms with Gasteiger partial charge in [-0.25, -0.2) is 4.79 Å². The zero-order valence-corrected chi connectivity index (χ0v) is 17.6. The largest absolute Gasteiger partial charge is 0.493 e. The Morgan fingerprint density at radius 2 is 1.83 bits per heavy atom. The fraction of sp³-hybridized carbons (Fsp3) is 0.227. The van der Waals surface area contributed by atoms with E-state index in [1.807, 2.05) is 0 Å². The first-order valence-corrected chi connectivity index (χ1v) is 9.89. The minimum absolute atomic E-state index is 0.233. The summed E-state index contributed by atoms with van der Waals surface area (Å²) < 4.78 is 18.0. The Labute approximate surface area is 177 Å². The molecule has 7 nitrogen and oxygen atoms in total. The van der Waals surface area contributed by atoms with Crippen LogP contribution in [0.5, 0.6) is 11.5 Å². The Kier molecular flexibility index (Phi) is 6.54. The number of amides is 1. The minimum atomic E-state index is -0.445. The summed E-state index contributed by atoms with van der Waals surface area (Å²) in [4.78, 5) is 29.5. The van der Waals surface area contributed by atoms with E-state index in [1.54, 1.807) is 47.9 Å². The molecule has 30 heavy (non-hydrogen) atoms. The molecule has 0 atom stereocenters. The number of rotatable bonds is 6. The van der Waals surface area contributed by atoms with Gasteiger partial charge in [0, 0.05) is 5.56 Å². The number of terminal acetylenes is 1. The van der Waals surface area contributed by atoms with Crippen molar-refractivity contribution in [2.24, 2.45) is 4.99 Å². The van der Waals surface area contributed by atoms with Crippen LogP contribution in [-0.4, -0.2) is 37.3 Å². The van der Waals surface area contributed by atoms with Crippen LogP contribution in [0.3, 0.4) is 0 Å². The molecular formula is C22H20N2O5S. The molecule has 0 bridgehead atoms. The lowest BCUT2D eigenvalue weighted by atomic mass is 10.2. The first kappa shape index (κ1) is 21.1. The van der Waals surface area contributed by atoms with Crippen molar-refractivity contribution in [3.05, 3.63) is 52.3 Å². The molecule has 0 N–H and O–H groups in total. The second kappa shape index (κ2) is 9.29. The zero-order valence-electron chi connectivity index (χ0n) is 16.8. The van der Waals surface area contributed by atoms with E-state index >= 15 is 0 Å². The van der Waals surface area contributed by atoms with E-state index < -0.39 is 11.9 Å². The summed E-state index contributed by atoms with van der Waals surface area (Å²) in [5.41, 5.74) is 1.56. The van der Waals surface area contributed by atoms with Gasteiger partial charge in [-0.15, -0.1) is 6.42 Å². The van der Waals surface area contributed by atoms with Crippen molar-refractivity contribution < 1.29 is 23.8 Å². The average Bonchev–Trinajstić information content (AvgIpc) is 3.09. The second-order valence-corrected chi connectivity index (χ2v) is 7.07. The van der Waals surface area contributed by atoms with Gasteiger partial charge in [-0.2, -0.15) is 4.99 Å². The molecule has 1 aromatic heterocycles. The average molecular weight is 424 g/mol. The Morgan fingerprint density at radius 3 is 2.50 bits per heavy atom. The second-order valence-electron chi connectivity index (χ2n) is 6.06. The van der Waals surface area contributed by atoms with Gasteiger partial charge in [0.15, 0.2) is 16.3 Å². The maximum absolute atomic E-state index is 12.8. The quantitative estimate of drug-likeness (QED) is 0.448. The van der Waals surface area contributed by atoms with Crippen LogP contribution in [0.15, 0.2) is 41.4 Å². The molecule has 0 aliphatic carbocycles. The van der Waals surface area contributed by atoms with Gasteiger partial charge in [-0.3, -0.25) is 4.79 Å². The molecule has 3 rings (SSSR count). The molecule has 0 radical (unpaired) electrons. The van der Waals surface area contributed by atoms with Crippen LogP contribution in [0.1, 0.15) is 27.6 Å². The molecule has 0 fully saturated rings. The Balaban J connectivity index is 2.08. The number of fused-ring (bicyclic) bond motifs is 1. The number of aromatic nitrogens is 1. The molecule has 8 heteroatoms. The highest BCUT2D eigenvalue weighted by Crippen LogP contribution is 2.28. The number of nitrogens with zero attached hydrogens (tertiary/aromatic N) is 2. The monoisotopic (exact) mass is 424 g/mol. The van der Waals surface area contributed by atoms with Gasteiger partial charge in [-0.05, 0) is 43.3 Å². The normalized spacial score (nSPS) is 11.2. The topological polar surface area (TPSA) is 79.1 Å². The van der Waals surface area contributed by atoms with Gasteiger partial charge in [0.25, 0.3) is 5.91 Å². The van der Waals surface area contributed by atoms with Crippen molar-refractivity contribution in [2.75, 3.05) is 20.8 Å². The summed E-state index contributed by atoms with van der Waals surface area (Å²) in [6.45, 7) is 2.27. The molecule has 0 saturated carbocycles. The third-order valence-corrected chi connectivity index (χ3v) is 5.31. The maximum Gasteiger partial charge on any atom is 0.338 e. The number of hydrogen-bond acceptors (Lipinski definition) is 6. The molecule has 0 aliphatic rings. The fourth-order valence-corrected chi connectivity index (χ4v) is 3.93. The summed E-state index contributed by atoms with van der Waals surface area (Å²) in [6.07, 6.45) is 5.51. The first-order chi connectivity index (χ1) is 14.5. The van der Waals surface area contributed by atoms with E-state index in [1.165, 1.54) is 25.6 Å². The smallest absolute Gasteiger partial charge is 0.338 e. The standard InChI is InChI=1S/C22H20N2O5S/c1-5-11-24-16-9-7-15(21(26)29-6-2)13-19(16)30-22(24)23-20(25)14-8-10-17(27-3)18(12-14)28-4/h1,7-10,12-13H,6,11H2,2-4H3. The van der Waals surface area contributed by atoms with Crippen LogP contribution in [0, 0.1) is 12.3 Å². The van der Waals surface area contributed by atoms with Gasteiger partial charge in [0.05, 0.1) is 43.2 Å². The van der Waals surface area contributed by atoms with Crippen molar-refractivity contribution in [2.45, 2.75) is 13.5 Å². The van der Waals surface area contributed by atoms with Crippen molar-refractivity contribution >= 4 is 33.4 Å². The van der Waals surface area contributed by atoms with Gasteiger partial charge in [0.2, 0.25) is 0 Å². The van der Waals surface area contributed by atoms with Crippen LogP contribution in [0.2, 0.25) is 0 Å². The molecular weight excluding hydrogens is 404 g/mol. The molecule has 3 aromatic rings. The molecule has 1 heterocycles. The van der Waals surface area contributed by atoms with Gasteiger partial charge in [-0.1, -0.05) is 17.3 Å². The number of carbonyl (C=O) groups is 2. The van der Waals surface area contributed by atoms with Gasteiger partial charge in [0.1, 0.15) is 0 Å². The SMILES string of the molecule is C#CCn1c(=NC(=O)c2ccc(OC)c(OC)c2)sc2cc(C(=O)OCC)ccc21. The lowest BCUT2D eigenvalue weighted by molar-refractivity contribution is 0.0526. The van der Waals surface area contributed by atoms with Crippen LogP contribution in [0.25, 0.3) is 10.2 Å². The van der Waals surface area contributed by atoms with Crippen molar-refractivity contribution in [1.29, 1.82) is 0 Å². The van der Waals surface area contributed by atoms with E-state index in [9.17, 15) is 9.59 Å². The van der Waals surface area contributed by atoms with E-state index in [0.717, 1.165) is 10.2 Å². The minimum Gasteiger partial charge on any atom is -0.493 e. The number of benzene rings is 2. The Bertz CT molecular complexity index is 1220. The van der Waals surface area contributed by atoms with E-state index in [-0.39, 0.29) is 6.54 Å². The number of ether oxygens (including phenoxy) is 3. The number of esters is 1. The fourth-order valence-electron chi connectivity index (χ4n) is 2.86. The van der Waals surface area contributed by atoms with Crippen molar-refractivity contribution in [1.82, 2.24) is 4.57 Å². The summed E-state index contributed by atoms with van der Waals surface area (Å²) in [6, 6.07) is 9.99. The summed E-state index contributed by atoms with van der Waals surface area (Å²) >= 11 is 1.27. The highest BCUT2D eigenvalue weighted by molar-refractivity contribution is 7.16. The molecule has 0 aliphatic heterocycles. The molecule has 2 aromatic carbocycles. The van der Waals surface area contributed by atoms with Crippen LogP contribution < -0.4 is 14.3 Å². The lowest BCUT2D eigenvalue weighted by Gasteiger charge is -2.07. The number of methoxy groups -OCH3 is 2. The van der Waals surface area contributed by atoms with Crippen molar-refractivity contribution in [3.8, 4) is 23.8 Å². The van der Waals surface area contributed by atoms with Crippen LogP contribution >= 0.6 is 11.3 Å². The summed E-state index contributed by atoms with van der Waals surface area (Å²) in [5, 5.41) is 0. The van der Waals surface area contributed by atoms with E-state index in [2.05, 4.69) is 10.9 Å². The highest BCUT2D eigenvalue weighted by atomic mass is 32.1. The first-order valence-electron chi connectivity index (χ1n) is 9.07. The van der Waals surface area contributed by atoms with Gasteiger partial charge < -0.3 is 18.8 Å². The van der Waals surface area contributed by atoms with E-state index in [0.29, 0.717) is 34.0 Å². The van der Waals surface area contributed by atoms with Crippen molar-refractivity contribution in [3.63, 3.8) is 0 Å². The van der Waals surface area contributed by atoms with E-state index in [4.69, 9.17) is 20.6 Å².